The van der Waals surface area contributed by atoms with Gasteiger partial charge in [0.15, 0.2) is 0 Å². The first-order valence-corrected chi connectivity index (χ1v) is 6.32. The van der Waals surface area contributed by atoms with E-state index in [0.29, 0.717) is 12.2 Å². The van der Waals surface area contributed by atoms with Gasteiger partial charge in [0, 0.05) is 22.6 Å². The molecule has 4 nitrogen and oxygen atoms in total. The summed E-state index contributed by atoms with van der Waals surface area (Å²) in [7, 11) is 1.83. The maximum atomic E-state index is 11.7. The third kappa shape index (κ3) is 2.51. The van der Waals surface area contributed by atoms with E-state index in [-0.39, 0.29) is 5.91 Å². The van der Waals surface area contributed by atoms with E-state index in [2.05, 4.69) is 26.2 Å². The van der Waals surface area contributed by atoms with Gasteiger partial charge in [-0.25, -0.2) is 4.98 Å². The van der Waals surface area contributed by atoms with Crippen molar-refractivity contribution in [3.8, 4) is 0 Å². The van der Waals surface area contributed by atoms with E-state index in [9.17, 15) is 4.79 Å². The topological polar surface area (TPSA) is 46.9 Å². The van der Waals surface area contributed by atoms with Gasteiger partial charge in [-0.3, -0.25) is 4.79 Å². The number of halogens is 1. The summed E-state index contributed by atoms with van der Waals surface area (Å²) in [6.07, 6.45) is 3.30. The number of carbonyl (C=O) groups excluding carboxylic acids is 1. The molecule has 2 rings (SSSR count). The van der Waals surface area contributed by atoms with Crippen LogP contribution in [0.4, 0.5) is 0 Å². The first-order chi connectivity index (χ1) is 7.66. The number of nitrogens with one attached hydrogen (secondary N) is 1. The maximum Gasteiger partial charge on any atom is 0.271 e. The molecule has 0 saturated carbocycles. The molecule has 6 heteroatoms. The van der Waals surface area contributed by atoms with Gasteiger partial charge in [-0.05, 0) is 27.4 Å². The highest BCUT2D eigenvalue weighted by molar-refractivity contribution is 9.10. The molecule has 1 N–H and O–H groups in total. The molecule has 0 saturated heterocycles. The SMILES string of the molecule is Cn1cnc(C(=O)NCc2sccc2Br)c1. The number of carbonyl (C=O) groups is 1. The first kappa shape index (κ1) is 11.3. The lowest BCUT2D eigenvalue weighted by molar-refractivity contribution is 0.0946. The Kier molecular flexibility index (Phi) is 3.40. The van der Waals surface area contributed by atoms with Crippen LogP contribution in [0.5, 0.6) is 0 Å². The number of aromatic nitrogens is 2. The molecule has 2 aromatic heterocycles. The predicted molar refractivity (Wildman–Crippen MR) is 66.4 cm³/mol. The minimum atomic E-state index is -0.152. The molecule has 0 radical (unpaired) electrons. The molecule has 0 spiro atoms. The van der Waals surface area contributed by atoms with Gasteiger partial charge < -0.3 is 9.88 Å². The summed E-state index contributed by atoms with van der Waals surface area (Å²) >= 11 is 5.02. The molecule has 0 aromatic carbocycles. The van der Waals surface area contributed by atoms with Crippen molar-refractivity contribution in [2.75, 3.05) is 0 Å². The van der Waals surface area contributed by atoms with Crippen LogP contribution >= 0.6 is 27.3 Å². The third-order valence-corrected chi connectivity index (χ3v) is 3.96. The number of imidazole rings is 1. The van der Waals surface area contributed by atoms with Gasteiger partial charge in [-0.15, -0.1) is 11.3 Å². The first-order valence-electron chi connectivity index (χ1n) is 4.65. The second-order valence-corrected chi connectivity index (χ2v) is 5.15. The van der Waals surface area contributed by atoms with Crippen molar-refractivity contribution in [3.63, 3.8) is 0 Å². The molecule has 0 aliphatic carbocycles. The zero-order chi connectivity index (χ0) is 11.5. The summed E-state index contributed by atoms with van der Waals surface area (Å²) in [5.41, 5.74) is 0.440. The van der Waals surface area contributed by atoms with E-state index in [0.717, 1.165) is 9.35 Å². The van der Waals surface area contributed by atoms with Gasteiger partial charge in [0.2, 0.25) is 0 Å². The van der Waals surface area contributed by atoms with Crippen molar-refractivity contribution in [1.82, 2.24) is 14.9 Å². The lowest BCUT2D eigenvalue weighted by Gasteiger charge is -2.01. The van der Waals surface area contributed by atoms with Gasteiger partial charge in [0.05, 0.1) is 12.9 Å². The van der Waals surface area contributed by atoms with Crippen LogP contribution in [0.15, 0.2) is 28.4 Å². The highest BCUT2D eigenvalue weighted by atomic mass is 79.9. The second-order valence-electron chi connectivity index (χ2n) is 3.30. The van der Waals surface area contributed by atoms with Crippen molar-refractivity contribution in [2.24, 2.45) is 7.05 Å². The average Bonchev–Trinajstić information content (AvgIpc) is 2.84. The standard InChI is InChI=1S/C10H10BrN3OS/c1-14-5-8(13-6-14)10(15)12-4-9-7(11)2-3-16-9/h2-3,5-6H,4H2,1H3,(H,12,15). The predicted octanol–water partition coefficient (Wildman–Crippen LogP) is 2.17. The second kappa shape index (κ2) is 4.80. The van der Waals surface area contributed by atoms with E-state index in [1.54, 1.807) is 28.4 Å². The zero-order valence-electron chi connectivity index (χ0n) is 8.61. The monoisotopic (exact) mass is 299 g/mol. The Morgan fingerprint density at radius 3 is 3.06 bits per heavy atom. The Bertz CT molecular complexity index is 506. The summed E-state index contributed by atoms with van der Waals surface area (Å²) in [4.78, 5) is 16.7. The van der Waals surface area contributed by atoms with E-state index in [1.165, 1.54) is 0 Å². The number of thiophene rings is 1. The average molecular weight is 300 g/mol. The summed E-state index contributed by atoms with van der Waals surface area (Å²) in [5, 5.41) is 4.80. The highest BCUT2D eigenvalue weighted by Crippen LogP contribution is 2.22. The van der Waals surface area contributed by atoms with Crippen molar-refractivity contribution in [1.29, 1.82) is 0 Å². The summed E-state index contributed by atoms with van der Waals surface area (Å²) in [6.45, 7) is 0.521. The lowest BCUT2D eigenvalue weighted by atomic mass is 10.4. The Morgan fingerprint density at radius 1 is 1.69 bits per heavy atom. The van der Waals surface area contributed by atoms with Gasteiger partial charge in [0.1, 0.15) is 5.69 Å². The number of nitrogens with zero attached hydrogens (tertiary/aromatic N) is 2. The molecule has 2 aromatic rings. The smallest absolute Gasteiger partial charge is 0.271 e. The van der Waals surface area contributed by atoms with Crippen molar-refractivity contribution in [3.05, 3.63) is 39.0 Å². The Hall–Kier alpha value is -1.14. The number of amides is 1. The Morgan fingerprint density at radius 2 is 2.50 bits per heavy atom. The van der Waals surface area contributed by atoms with Crippen LogP contribution in [0, 0.1) is 0 Å². The van der Waals surface area contributed by atoms with Crippen molar-refractivity contribution >= 4 is 33.2 Å². The van der Waals surface area contributed by atoms with Crippen LogP contribution in [-0.4, -0.2) is 15.5 Å². The van der Waals surface area contributed by atoms with Crippen molar-refractivity contribution in [2.45, 2.75) is 6.54 Å². The van der Waals surface area contributed by atoms with E-state index < -0.39 is 0 Å². The minimum absolute atomic E-state index is 0.152. The molecule has 0 fully saturated rings. The number of rotatable bonds is 3. The molecule has 16 heavy (non-hydrogen) atoms. The summed E-state index contributed by atoms with van der Waals surface area (Å²) < 4.78 is 2.77. The van der Waals surface area contributed by atoms with E-state index in [1.807, 2.05) is 18.5 Å². The fourth-order valence-electron chi connectivity index (χ4n) is 1.23. The van der Waals surface area contributed by atoms with Crippen LogP contribution in [0.3, 0.4) is 0 Å². The van der Waals surface area contributed by atoms with E-state index in [4.69, 9.17) is 0 Å². The van der Waals surface area contributed by atoms with Gasteiger partial charge >= 0.3 is 0 Å². The molecule has 0 aliphatic heterocycles. The van der Waals surface area contributed by atoms with Gasteiger partial charge in [-0.2, -0.15) is 0 Å². The summed E-state index contributed by atoms with van der Waals surface area (Å²) in [5.74, 6) is -0.152. The zero-order valence-corrected chi connectivity index (χ0v) is 11.0. The molecular weight excluding hydrogens is 290 g/mol. The van der Waals surface area contributed by atoms with Crippen LogP contribution in [0.2, 0.25) is 0 Å². The molecule has 0 aliphatic rings. The third-order valence-electron chi connectivity index (χ3n) is 2.04. The normalized spacial score (nSPS) is 10.4. The Labute approximate surface area is 105 Å². The number of aryl methyl sites for hydroxylation is 1. The Balaban J connectivity index is 1.96. The van der Waals surface area contributed by atoms with Crippen LogP contribution < -0.4 is 5.32 Å². The summed E-state index contributed by atoms with van der Waals surface area (Å²) in [6, 6.07) is 1.97. The van der Waals surface area contributed by atoms with Crippen LogP contribution in [0.1, 0.15) is 15.4 Å². The molecule has 0 bridgehead atoms. The maximum absolute atomic E-state index is 11.7. The molecule has 0 atom stereocenters. The van der Waals surface area contributed by atoms with Crippen LogP contribution in [0.25, 0.3) is 0 Å². The number of hydrogen-bond acceptors (Lipinski definition) is 3. The van der Waals surface area contributed by atoms with Gasteiger partial charge in [-0.1, -0.05) is 0 Å². The molecular formula is C10H10BrN3OS. The minimum Gasteiger partial charge on any atom is -0.346 e. The fraction of sp³-hybridized carbons (Fsp3) is 0.200. The molecule has 0 unspecified atom stereocenters. The van der Waals surface area contributed by atoms with Gasteiger partial charge in [0.25, 0.3) is 5.91 Å². The molecule has 1 amide bonds. The highest BCUT2D eigenvalue weighted by Gasteiger charge is 2.09. The molecule has 84 valence electrons. The number of hydrogen-bond donors (Lipinski definition) is 1. The van der Waals surface area contributed by atoms with Crippen LogP contribution in [-0.2, 0) is 13.6 Å². The largest absolute Gasteiger partial charge is 0.346 e. The fourth-order valence-corrected chi connectivity index (χ4v) is 2.66. The molecule has 2 heterocycles. The quantitative estimate of drug-likeness (QED) is 0.944. The van der Waals surface area contributed by atoms with Crippen molar-refractivity contribution < 1.29 is 4.79 Å². The lowest BCUT2D eigenvalue weighted by Crippen LogP contribution is -2.22. The van der Waals surface area contributed by atoms with E-state index >= 15 is 0 Å².